The van der Waals surface area contributed by atoms with E-state index in [9.17, 15) is 19.2 Å². The summed E-state index contributed by atoms with van der Waals surface area (Å²) in [4.78, 5) is 48.8. The van der Waals surface area contributed by atoms with E-state index in [1.165, 1.54) is 0 Å². The highest BCUT2D eigenvalue weighted by molar-refractivity contribution is 8.18. The van der Waals surface area contributed by atoms with Gasteiger partial charge in [-0.05, 0) is 53.2 Å². The van der Waals surface area contributed by atoms with Crippen LogP contribution in [0.5, 0.6) is 5.75 Å². The highest BCUT2D eigenvalue weighted by Crippen LogP contribution is 2.32. The zero-order valence-electron chi connectivity index (χ0n) is 16.0. The average Bonchev–Trinajstić information content (AvgIpc) is 2.97. The van der Waals surface area contributed by atoms with Crippen LogP contribution in [0.15, 0.2) is 53.4 Å². The van der Waals surface area contributed by atoms with Gasteiger partial charge in [-0.3, -0.25) is 24.1 Å². The number of methoxy groups -OCH3 is 1. The van der Waals surface area contributed by atoms with Gasteiger partial charge in [0.05, 0.1) is 18.4 Å². The zero-order chi connectivity index (χ0) is 21.7. The minimum atomic E-state index is -0.950. The molecule has 154 valence electrons. The van der Waals surface area contributed by atoms with Gasteiger partial charge in [0.15, 0.2) is 0 Å². The number of carboxylic acids is 1. The molecule has 0 spiro atoms. The van der Waals surface area contributed by atoms with Crippen molar-refractivity contribution in [3.8, 4) is 5.75 Å². The molecule has 1 aliphatic rings. The fourth-order valence-electron chi connectivity index (χ4n) is 2.71. The van der Waals surface area contributed by atoms with Gasteiger partial charge in [-0.25, -0.2) is 0 Å². The highest BCUT2D eigenvalue weighted by atomic mass is 32.2. The van der Waals surface area contributed by atoms with E-state index in [-0.39, 0.29) is 11.3 Å². The number of rotatable bonds is 7. The molecule has 3 rings (SSSR count). The van der Waals surface area contributed by atoms with Gasteiger partial charge in [-0.15, -0.1) is 0 Å². The summed E-state index contributed by atoms with van der Waals surface area (Å²) in [5.74, 6) is -1.34. The number of hydrogen-bond donors (Lipinski definition) is 2. The third-order valence-electron chi connectivity index (χ3n) is 4.18. The quantitative estimate of drug-likeness (QED) is 0.655. The fraction of sp³-hybridized carbons (Fsp3) is 0.143. The van der Waals surface area contributed by atoms with E-state index >= 15 is 0 Å². The van der Waals surface area contributed by atoms with Crippen LogP contribution in [0.2, 0.25) is 0 Å². The van der Waals surface area contributed by atoms with Crippen LogP contribution in [0, 0.1) is 0 Å². The number of ether oxygens (including phenoxy) is 1. The van der Waals surface area contributed by atoms with E-state index in [0.717, 1.165) is 22.2 Å². The largest absolute Gasteiger partial charge is 0.497 e. The van der Waals surface area contributed by atoms with Gasteiger partial charge in [0.2, 0.25) is 5.91 Å². The molecular weight excluding hydrogens is 408 g/mol. The van der Waals surface area contributed by atoms with E-state index < -0.39 is 29.6 Å². The lowest BCUT2D eigenvalue weighted by molar-refractivity contribution is -0.136. The summed E-state index contributed by atoms with van der Waals surface area (Å²) < 4.78 is 5.08. The first-order valence-electron chi connectivity index (χ1n) is 8.85. The number of carboxylic acid groups (broad SMARTS) is 1. The lowest BCUT2D eigenvalue weighted by atomic mass is 10.1. The summed E-state index contributed by atoms with van der Waals surface area (Å²) in [5.41, 5.74) is 1.76. The lowest BCUT2D eigenvalue weighted by Crippen LogP contribution is -2.36. The highest BCUT2D eigenvalue weighted by Gasteiger charge is 2.36. The second-order valence-electron chi connectivity index (χ2n) is 6.36. The first kappa shape index (κ1) is 21.1. The van der Waals surface area contributed by atoms with Gasteiger partial charge in [-0.2, -0.15) is 0 Å². The topological polar surface area (TPSA) is 113 Å². The molecular formula is C21H18N2O6S. The Morgan fingerprint density at radius 2 is 1.77 bits per heavy atom. The molecule has 8 nitrogen and oxygen atoms in total. The van der Waals surface area contributed by atoms with Crippen molar-refractivity contribution < 1.29 is 29.0 Å². The van der Waals surface area contributed by atoms with Crippen molar-refractivity contribution >= 4 is 46.5 Å². The van der Waals surface area contributed by atoms with Crippen molar-refractivity contribution in [3.63, 3.8) is 0 Å². The molecule has 0 atom stereocenters. The molecule has 0 aromatic heterocycles. The maximum Gasteiger partial charge on any atom is 0.307 e. The van der Waals surface area contributed by atoms with Crippen LogP contribution in [0.1, 0.15) is 11.1 Å². The molecule has 0 bridgehead atoms. The molecule has 0 radical (unpaired) electrons. The third kappa shape index (κ3) is 5.26. The molecule has 0 unspecified atom stereocenters. The summed E-state index contributed by atoms with van der Waals surface area (Å²) in [6.07, 6.45) is 1.47. The Kier molecular flexibility index (Phi) is 6.53. The molecule has 2 aromatic rings. The Morgan fingerprint density at radius 3 is 2.37 bits per heavy atom. The molecule has 2 N–H and O–H groups in total. The predicted octanol–water partition coefficient (Wildman–Crippen LogP) is 3.00. The van der Waals surface area contributed by atoms with Crippen LogP contribution in [-0.4, -0.2) is 46.7 Å². The Hall–Kier alpha value is -3.59. The van der Waals surface area contributed by atoms with E-state index in [1.54, 1.807) is 61.7 Å². The number of anilines is 1. The SMILES string of the molecule is COc1ccc(/C=C2\SC(=O)N(CC(=O)Nc3ccc(CC(=O)O)cc3)C2=O)cc1. The standard InChI is InChI=1S/C21H18N2O6S/c1-29-16-8-4-13(5-9-16)10-17-20(27)23(21(28)30-17)12-18(24)22-15-6-2-14(3-7-15)11-19(25)26/h2-10H,11-12H2,1H3,(H,22,24)(H,25,26)/b17-10-. The monoisotopic (exact) mass is 426 g/mol. The zero-order valence-corrected chi connectivity index (χ0v) is 16.8. The minimum absolute atomic E-state index is 0.120. The number of amides is 3. The van der Waals surface area contributed by atoms with Crippen LogP contribution < -0.4 is 10.1 Å². The summed E-state index contributed by atoms with van der Waals surface area (Å²) >= 11 is 0.774. The molecule has 1 saturated heterocycles. The van der Waals surface area contributed by atoms with Crippen LogP contribution in [-0.2, 0) is 20.8 Å². The smallest absolute Gasteiger partial charge is 0.307 e. The number of carbonyl (C=O) groups excluding carboxylic acids is 3. The van der Waals surface area contributed by atoms with E-state index in [2.05, 4.69) is 5.32 Å². The molecule has 1 aliphatic heterocycles. The number of aliphatic carboxylic acids is 1. The average molecular weight is 426 g/mol. The number of imide groups is 1. The molecule has 0 aliphatic carbocycles. The number of carbonyl (C=O) groups is 4. The second kappa shape index (κ2) is 9.27. The van der Waals surface area contributed by atoms with Gasteiger partial charge >= 0.3 is 5.97 Å². The Balaban J connectivity index is 1.62. The molecule has 30 heavy (non-hydrogen) atoms. The van der Waals surface area contributed by atoms with Crippen molar-refractivity contribution in [1.82, 2.24) is 4.90 Å². The fourth-order valence-corrected chi connectivity index (χ4v) is 3.55. The summed E-state index contributed by atoms with van der Waals surface area (Å²) in [6, 6.07) is 13.3. The molecule has 2 aromatic carbocycles. The van der Waals surface area contributed by atoms with Crippen LogP contribution in [0.25, 0.3) is 6.08 Å². The van der Waals surface area contributed by atoms with Crippen molar-refractivity contribution in [2.45, 2.75) is 6.42 Å². The summed E-state index contributed by atoms with van der Waals surface area (Å²) in [5, 5.41) is 10.8. The second-order valence-corrected chi connectivity index (χ2v) is 7.35. The molecule has 1 heterocycles. The number of nitrogens with one attached hydrogen (secondary N) is 1. The van der Waals surface area contributed by atoms with E-state index in [1.807, 2.05) is 0 Å². The summed E-state index contributed by atoms with van der Waals surface area (Å²) in [7, 11) is 1.55. The van der Waals surface area contributed by atoms with Crippen LogP contribution >= 0.6 is 11.8 Å². The number of nitrogens with zero attached hydrogens (tertiary/aromatic N) is 1. The van der Waals surface area contributed by atoms with Crippen molar-refractivity contribution in [2.75, 3.05) is 19.0 Å². The Labute approximate surface area is 176 Å². The third-order valence-corrected chi connectivity index (χ3v) is 5.09. The van der Waals surface area contributed by atoms with Crippen molar-refractivity contribution in [3.05, 3.63) is 64.6 Å². The Morgan fingerprint density at radius 1 is 1.10 bits per heavy atom. The van der Waals surface area contributed by atoms with Gasteiger partial charge in [0.25, 0.3) is 11.1 Å². The van der Waals surface area contributed by atoms with Gasteiger partial charge in [0, 0.05) is 5.69 Å². The normalized spacial score (nSPS) is 14.8. The number of hydrogen-bond acceptors (Lipinski definition) is 6. The van der Waals surface area contributed by atoms with Crippen molar-refractivity contribution in [2.24, 2.45) is 0 Å². The summed E-state index contributed by atoms with van der Waals surface area (Å²) in [6.45, 7) is -0.415. The first-order valence-corrected chi connectivity index (χ1v) is 9.67. The molecule has 9 heteroatoms. The van der Waals surface area contributed by atoms with E-state index in [0.29, 0.717) is 17.0 Å². The van der Waals surface area contributed by atoms with Gasteiger partial charge < -0.3 is 15.2 Å². The predicted molar refractivity (Wildman–Crippen MR) is 112 cm³/mol. The van der Waals surface area contributed by atoms with Gasteiger partial charge in [0.1, 0.15) is 12.3 Å². The molecule has 3 amide bonds. The maximum absolute atomic E-state index is 12.5. The van der Waals surface area contributed by atoms with Gasteiger partial charge in [-0.1, -0.05) is 24.3 Å². The van der Waals surface area contributed by atoms with Crippen LogP contribution in [0.4, 0.5) is 10.5 Å². The first-order chi connectivity index (χ1) is 14.4. The number of benzene rings is 2. The number of thioether (sulfide) groups is 1. The maximum atomic E-state index is 12.5. The van der Waals surface area contributed by atoms with Crippen LogP contribution in [0.3, 0.4) is 0 Å². The van der Waals surface area contributed by atoms with E-state index in [4.69, 9.17) is 9.84 Å². The Bertz CT molecular complexity index is 1010. The minimum Gasteiger partial charge on any atom is -0.497 e. The lowest BCUT2D eigenvalue weighted by Gasteiger charge is -2.12. The molecule has 1 fully saturated rings. The van der Waals surface area contributed by atoms with Crippen molar-refractivity contribution in [1.29, 1.82) is 0 Å². The molecule has 0 saturated carbocycles.